The van der Waals surface area contributed by atoms with Gasteiger partial charge in [0.05, 0.1) is 6.61 Å². The molecule has 0 aromatic carbocycles. The lowest BCUT2D eigenvalue weighted by molar-refractivity contribution is 0.298. The Morgan fingerprint density at radius 2 is 2.04 bits per heavy atom. The molecule has 0 spiro atoms. The van der Waals surface area contributed by atoms with E-state index >= 15 is 0 Å². The zero-order chi connectivity index (χ0) is 18.0. The third kappa shape index (κ3) is 7.18. The van der Waals surface area contributed by atoms with E-state index in [1.165, 1.54) is 36.0 Å². The highest BCUT2D eigenvalue weighted by molar-refractivity contribution is 5.37. The van der Waals surface area contributed by atoms with Crippen molar-refractivity contribution < 1.29 is 5.11 Å². The van der Waals surface area contributed by atoms with E-state index in [-0.39, 0.29) is 12.0 Å². The molecular weight excluding hydrogens is 294 g/mol. The first-order chi connectivity index (χ1) is 11.4. The number of nitrogens with one attached hydrogen (secondary N) is 1. The predicted molar refractivity (Wildman–Crippen MR) is 106 cm³/mol. The third-order valence-electron chi connectivity index (χ3n) is 4.40. The molecule has 2 nitrogen and oxygen atoms in total. The molecule has 0 saturated heterocycles. The van der Waals surface area contributed by atoms with Gasteiger partial charge in [-0.2, -0.15) is 0 Å². The van der Waals surface area contributed by atoms with Crippen LogP contribution < -0.4 is 5.32 Å². The molecule has 0 unspecified atom stereocenters. The van der Waals surface area contributed by atoms with Crippen molar-refractivity contribution in [3.05, 3.63) is 71.5 Å². The van der Waals surface area contributed by atoms with Crippen LogP contribution in [0.15, 0.2) is 71.5 Å². The number of rotatable bonds is 8. The Morgan fingerprint density at radius 1 is 1.29 bits per heavy atom. The first-order valence-corrected chi connectivity index (χ1v) is 8.80. The summed E-state index contributed by atoms with van der Waals surface area (Å²) in [5.74, 6) is 0. The van der Waals surface area contributed by atoms with Gasteiger partial charge < -0.3 is 10.4 Å². The van der Waals surface area contributed by atoms with Crippen molar-refractivity contribution in [2.75, 3.05) is 13.2 Å². The Morgan fingerprint density at radius 3 is 2.71 bits per heavy atom. The van der Waals surface area contributed by atoms with Gasteiger partial charge in [0.2, 0.25) is 0 Å². The van der Waals surface area contributed by atoms with Gasteiger partial charge in [0.15, 0.2) is 0 Å². The van der Waals surface area contributed by atoms with Gasteiger partial charge in [-0.25, -0.2) is 0 Å². The molecule has 132 valence electrons. The lowest BCUT2D eigenvalue weighted by Gasteiger charge is -2.32. The quantitative estimate of drug-likeness (QED) is 0.473. The van der Waals surface area contributed by atoms with Gasteiger partial charge >= 0.3 is 0 Å². The molecule has 1 aliphatic rings. The van der Waals surface area contributed by atoms with E-state index in [4.69, 9.17) is 5.11 Å². The number of hydrogen-bond donors (Lipinski definition) is 2. The number of aliphatic hydroxyl groups is 1. The second kappa shape index (κ2) is 10.1. The van der Waals surface area contributed by atoms with Gasteiger partial charge in [-0.15, -0.1) is 0 Å². The van der Waals surface area contributed by atoms with Gasteiger partial charge in [0.25, 0.3) is 0 Å². The summed E-state index contributed by atoms with van der Waals surface area (Å²) < 4.78 is 0. The topological polar surface area (TPSA) is 32.3 Å². The largest absolute Gasteiger partial charge is 0.395 e. The Bertz CT molecular complexity index is 571. The number of hydrogen-bond acceptors (Lipinski definition) is 2. The van der Waals surface area contributed by atoms with Crippen molar-refractivity contribution in [3.8, 4) is 0 Å². The fourth-order valence-corrected chi connectivity index (χ4v) is 2.97. The van der Waals surface area contributed by atoms with E-state index in [2.05, 4.69) is 57.8 Å². The second-order valence-electron chi connectivity index (χ2n) is 7.12. The molecule has 1 rings (SSSR count). The second-order valence-corrected chi connectivity index (χ2v) is 7.12. The van der Waals surface area contributed by atoms with Crippen LogP contribution in [0, 0.1) is 5.41 Å². The van der Waals surface area contributed by atoms with E-state index in [1.807, 2.05) is 18.2 Å². The van der Waals surface area contributed by atoms with Crippen molar-refractivity contribution in [3.63, 3.8) is 0 Å². The van der Waals surface area contributed by atoms with Gasteiger partial charge in [-0.05, 0) is 61.9 Å². The summed E-state index contributed by atoms with van der Waals surface area (Å²) in [6, 6.07) is 0. The average Bonchev–Trinajstić information content (AvgIpc) is 2.50. The fraction of sp³-hybridized carbons (Fsp3) is 0.455. The summed E-state index contributed by atoms with van der Waals surface area (Å²) in [5, 5.41) is 11.7. The summed E-state index contributed by atoms with van der Waals surface area (Å²) >= 11 is 0. The summed E-state index contributed by atoms with van der Waals surface area (Å²) in [4.78, 5) is 0. The molecule has 24 heavy (non-hydrogen) atoms. The van der Waals surface area contributed by atoms with Crippen molar-refractivity contribution in [1.82, 2.24) is 5.32 Å². The maximum absolute atomic E-state index is 8.68. The molecule has 0 fully saturated rings. The predicted octanol–water partition coefficient (Wildman–Crippen LogP) is 5.22. The van der Waals surface area contributed by atoms with Gasteiger partial charge in [0.1, 0.15) is 0 Å². The Hall–Kier alpha value is -1.80. The molecule has 0 amide bonds. The van der Waals surface area contributed by atoms with E-state index in [0.29, 0.717) is 6.54 Å². The molecule has 0 radical (unpaired) electrons. The molecule has 2 N–H and O–H groups in total. The van der Waals surface area contributed by atoms with E-state index in [0.717, 1.165) is 5.57 Å². The minimum absolute atomic E-state index is 0.133. The molecule has 0 aromatic rings. The third-order valence-corrected chi connectivity index (χ3v) is 4.40. The van der Waals surface area contributed by atoms with Crippen LogP contribution in [0.25, 0.3) is 0 Å². The van der Waals surface area contributed by atoms with Crippen molar-refractivity contribution in [1.29, 1.82) is 0 Å². The van der Waals surface area contributed by atoms with Crippen molar-refractivity contribution >= 4 is 0 Å². The highest BCUT2D eigenvalue weighted by Gasteiger charge is 2.26. The summed E-state index contributed by atoms with van der Waals surface area (Å²) in [6.45, 7) is 13.7. The van der Waals surface area contributed by atoms with Gasteiger partial charge in [0, 0.05) is 6.54 Å². The van der Waals surface area contributed by atoms with E-state index in [9.17, 15) is 0 Å². The zero-order valence-corrected chi connectivity index (χ0v) is 15.7. The van der Waals surface area contributed by atoms with E-state index in [1.54, 1.807) is 6.20 Å². The highest BCUT2D eigenvalue weighted by atomic mass is 16.3. The lowest BCUT2D eigenvalue weighted by Crippen LogP contribution is -2.19. The molecule has 2 heteroatoms. The van der Waals surface area contributed by atoms with Gasteiger partial charge in [-0.1, -0.05) is 62.0 Å². The van der Waals surface area contributed by atoms with Crippen LogP contribution >= 0.6 is 0 Å². The molecule has 0 aliphatic heterocycles. The zero-order valence-electron chi connectivity index (χ0n) is 15.7. The van der Waals surface area contributed by atoms with Crippen LogP contribution in [0.4, 0.5) is 0 Å². The summed E-state index contributed by atoms with van der Waals surface area (Å²) in [5.41, 5.74) is 5.45. The molecule has 0 saturated carbocycles. The molecule has 0 bridgehead atoms. The lowest BCUT2D eigenvalue weighted by atomic mass is 9.72. The molecule has 0 atom stereocenters. The smallest absolute Gasteiger partial charge is 0.0603 e. The normalized spacial score (nSPS) is 19.0. The van der Waals surface area contributed by atoms with Crippen molar-refractivity contribution in [2.24, 2.45) is 5.41 Å². The highest BCUT2D eigenvalue weighted by Crippen LogP contribution is 2.40. The van der Waals surface area contributed by atoms with Crippen molar-refractivity contribution in [2.45, 2.75) is 47.0 Å². The first kappa shape index (κ1) is 20.2. The fourth-order valence-electron chi connectivity index (χ4n) is 2.97. The Labute approximate surface area is 148 Å². The van der Waals surface area contributed by atoms with Crippen LogP contribution in [0.3, 0.4) is 0 Å². The molecule has 1 aliphatic carbocycles. The maximum atomic E-state index is 8.68. The van der Waals surface area contributed by atoms with Crippen LogP contribution in [-0.4, -0.2) is 18.3 Å². The van der Waals surface area contributed by atoms with E-state index < -0.39 is 0 Å². The van der Waals surface area contributed by atoms with Crippen LogP contribution in [-0.2, 0) is 0 Å². The average molecular weight is 328 g/mol. The molecule has 0 aromatic heterocycles. The molecular formula is C22H33NO. The van der Waals surface area contributed by atoms with Crippen LogP contribution in [0.5, 0.6) is 0 Å². The summed E-state index contributed by atoms with van der Waals surface area (Å²) in [7, 11) is 0. The minimum atomic E-state index is 0.133. The number of allylic oxidation sites excluding steroid dienone is 10. The maximum Gasteiger partial charge on any atom is 0.0603 e. The molecule has 0 heterocycles. The SMILES string of the molecule is C=C(/C=C\NCCO)/C=C/C=C(C)/C=C/C1=C(C)CCCC1(C)C. The first-order valence-electron chi connectivity index (χ1n) is 8.80. The standard InChI is InChI=1S/C22H33NO/c1-18(8-6-9-19(2)13-15-23-16-17-24)11-12-21-20(3)10-7-14-22(21,4)5/h6,8-9,11-13,15,23-24H,2,7,10,14,16-17H2,1,3-5H3/b9-6+,12-11+,15-13-,18-8+. The number of aliphatic hydroxyl groups excluding tert-OH is 1. The Balaban J connectivity index is 2.62. The van der Waals surface area contributed by atoms with Crippen LogP contribution in [0.1, 0.15) is 47.0 Å². The monoisotopic (exact) mass is 327 g/mol. The summed E-state index contributed by atoms with van der Waals surface area (Å²) in [6.07, 6.45) is 18.1. The van der Waals surface area contributed by atoms with Crippen LogP contribution in [0.2, 0.25) is 0 Å². The van der Waals surface area contributed by atoms with Gasteiger partial charge in [-0.3, -0.25) is 0 Å². The Kier molecular flexibility index (Phi) is 8.56. The minimum Gasteiger partial charge on any atom is -0.395 e.